The number of carbonyl (C=O) groups is 2. The lowest BCUT2D eigenvalue weighted by molar-refractivity contribution is -0.142. The Morgan fingerprint density at radius 3 is 2.89 bits per heavy atom. The van der Waals surface area contributed by atoms with E-state index in [4.69, 9.17) is 0 Å². The second-order valence-electron chi connectivity index (χ2n) is 7.46. The van der Waals surface area contributed by atoms with Gasteiger partial charge in [0.2, 0.25) is 0 Å². The molecule has 4 heterocycles. The van der Waals surface area contributed by atoms with Crippen LogP contribution in [0.5, 0.6) is 0 Å². The van der Waals surface area contributed by atoms with Crippen LogP contribution in [0, 0.1) is 0 Å². The van der Waals surface area contributed by atoms with Crippen molar-refractivity contribution in [3.05, 3.63) is 74.6 Å². The Morgan fingerprint density at radius 2 is 2.11 bits per heavy atom. The van der Waals surface area contributed by atoms with Crippen molar-refractivity contribution in [1.82, 2.24) is 9.80 Å². The molecule has 1 unspecified atom stereocenters. The topological polar surface area (TPSA) is 60.9 Å². The summed E-state index contributed by atoms with van der Waals surface area (Å²) in [7, 11) is 0. The molecule has 1 aromatic carbocycles. The third-order valence-corrected chi connectivity index (χ3v) is 6.85. The van der Waals surface area contributed by atoms with E-state index in [1.54, 1.807) is 17.4 Å². The average Bonchev–Trinajstić information content (AvgIpc) is 3.28. The van der Waals surface area contributed by atoms with Gasteiger partial charge in [0.05, 0.1) is 6.04 Å². The molecule has 5 rings (SSSR count). The molecule has 0 saturated carbocycles. The zero-order valence-corrected chi connectivity index (χ0v) is 16.1. The molecule has 0 spiro atoms. The number of β-lactam (4-membered cyclic amide) rings is 1. The highest BCUT2D eigenvalue weighted by Crippen LogP contribution is 2.40. The minimum Gasteiger partial charge on any atom is -0.477 e. The van der Waals surface area contributed by atoms with E-state index in [-0.39, 0.29) is 17.6 Å². The van der Waals surface area contributed by atoms with Crippen molar-refractivity contribution in [2.75, 3.05) is 6.54 Å². The second-order valence-corrected chi connectivity index (χ2v) is 8.63. The quantitative estimate of drug-likeness (QED) is 0.641. The fraction of sp³-hybridized carbons (Fsp3) is 0.273. The minimum absolute atomic E-state index is 0.104. The summed E-state index contributed by atoms with van der Waals surface area (Å²) in [5.74, 6) is -1.20. The Labute approximate surface area is 167 Å². The van der Waals surface area contributed by atoms with Gasteiger partial charge in [-0.2, -0.15) is 0 Å². The highest BCUT2D eigenvalue weighted by Gasteiger charge is 2.48. The molecule has 3 aliphatic rings. The van der Waals surface area contributed by atoms with Crippen LogP contribution in [-0.4, -0.2) is 39.4 Å². The Morgan fingerprint density at radius 1 is 1.29 bits per heavy atom. The Hall–Kier alpha value is -2.70. The number of carbonyl (C=O) groups excluding carboxylic acids is 1. The molecule has 0 radical (unpaired) electrons. The molecule has 2 aromatic rings. The van der Waals surface area contributed by atoms with E-state index in [9.17, 15) is 14.7 Å². The van der Waals surface area contributed by atoms with Crippen molar-refractivity contribution in [1.29, 1.82) is 0 Å². The Bertz CT molecular complexity index is 1020. The van der Waals surface area contributed by atoms with Gasteiger partial charge >= 0.3 is 5.97 Å². The van der Waals surface area contributed by atoms with Crippen molar-refractivity contribution in [3.8, 4) is 0 Å². The number of thiophene rings is 1. The zero-order chi connectivity index (χ0) is 19.3. The third kappa shape index (κ3) is 2.89. The first-order valence-electron chi connectivity index (χ1n) is 9.46. The van der Waals surface area contributed by atoms with Gasteiger partial charge in [0.15, 0.2) is 0 Å². The minimum atomic E-state index is -1.03. The van der Waals surface area contributed by atoms with Crippen molar-refractivity contribution in [2.45, 2.75) is 32.0 Å². The Balaban J connectivity index is 1.30. The van der Waals surface area contributed by atoms with Gasteiger partial charge in [-0.3, -0.25) is 14.6 Å². The van der Waals surface area contributed by atoms with E-state index in [0.29, 0.717) is 6.42 Å². The van der Waals surface area contributed by atoms with Crippen LogP contribution < -0.4 is 0 Å². The molecule has 0 bridgehead atoms. The van der Waals surface area contributed by atoms with Gasteiger partial charge in [-0.15, -0.1) is 11.3 Å². The van der Waals surface area contributed by atoms with Crippen molar-refractivity contribution in [2.24, 2.45) is 0 Å². The van der Waals surface area contributed by atoms with Gasteiger partial charge in [-0.25, -0.2) is 4.79 Å². The number of benzene rings is 1. The van der Waals surface area contributed by atoms with Crippen molar-refractivity contribution >= 4 is 29.3 Å². The lowest BCUT2D eigenvalue weighted by Gasteiger charge is -2.38. The highest BCUT2D eigenvalue weighted by molar-refractivity contribution is 7.13. The van der Waals surface area contributed by atoms with E-state index >= 15 is 0 Å². The van der Waals surface area contributed by atoms with Crippen LogP contribution >= 0.6 is 11.3 Å². The summed E-state index contributed by atoms with van der Waals surface area (Å²) >= 11 is 1.76. The molecule has 1 amide bonds. The molecule has 6 heteroatoms. The summed E-state index contributed by atoms with van der Waals surface area (Å²) in [5, 5.41) is 9.19. The summed E-state index contributed by atoms with van der Waals surface area (Å²) < 4.78 is 0. The first-order chi connectivity index (χ1) is 13.6. The van der Waals surface area contributed by atoms with Crippen LogP contribution in [0.3, 0.4) is 0 Å². The fourth-order valence-electron chi connectivity index (χ4n) is 4.29. The lowest BCUT2D eigenvalue weighted by atomic mass is 9.94. The maximum atomic E-state index is 12.4. The summed E-state index contributed by atoms with van der Waals surface area (Å²) in [6.07, 6.45) is 5.23. The van der Waals surface area contributed by atoms with Crippen LogP contribution in [0.4, 0.5) is 0 Å². The SMILES string of the molecule is O=C(O)C1=CCC2/C(=C\c3cc4c(s3)CCN(Cc3ccccc3)C4)C(=O)N12. The predicted octanol–water partition coefficient (Wildman–Crippen LogP) is 3.27. The molecule has 3 aliphatic heterocycles. The summed E-state index contributed by atoms with van der Waals surface area (Å²) in [4.78, 5) is 30.0. The number of nitrogens with zero attached hydrogens (tertiary/aromatic N) is 2. The first-order valence-corrected chi connectivity index (χ1v) is 10.3. The summed E-state index contributed by atoms with van der Waals surface area (Å²) in [6.45, 7) is 2.92. The van der Waals surface area contributed by atoms with E-state index in [0.717, 1.165) is 36.5 Å². The van der Waals surface area contributed by atoms with Crippen LogP contribution in [0.1, 0.15) is 27.3 Å². The molecule has 0 aliphatic carbocycles. The molecular formula is C22H20N2O3S. The van der Waals surface area contributed by atoms with Crippen LogP contribution in [0.2, 0.25) is 0 Å². The number of carboxylic acids is 1. The van der Waals surface area contributed by atoms with Gasteiger partial charge in [-0.05, 0) is 36.1 Å². The van der Waals surface area contributed by atoms with Crippen LogP contribution in [-0.2, 0) is 29.1 Å². The van der Waals surface area contributed by atoms with E-state index in [2.05, 4.69) is 35.2 Å². The molecule has 142 valence electrons. The Kier molecular flexibility index (Phi) is 4.18. The predicted molar refractivity (Wildman–Crippen MR) is 108 cm³/mol. The fourth-order valence-corrected chi connectivity index (χ4v) is 5.41. The van der Waals surface area contributed by atoms with E-state index < -0.39 is 5.97 Å². The summed E-state index contributed by atoms with van der Waals surface area (Å²) in [5.41, 5.74) is 3.52. The maximum absolute atomic E-state index is 12.4. The monoisotopic (exact) mass is 392 g/mol. The van der Waals surface area contributed by atoms with Crippen LogP contribution in [0.25, 0.3) is 6.08 Å². The first kappa shape index (κ1) is 17.4. The van der Waals surface area contributed by atoms with Crippen molar-refractivity contribution < 1.29 is 14.7 Å². The number of hydrogen-bond donors (Lipinski definition) is 1. The normalized spacial score (nSPS) is 22.6. The largest absolute Gasteiger partial charge is 0.477 e. The van der Waals surface area contributed by atoms with E-state index in [1.165, 1.54) is 20.9 Å². The molecule has 5 nitrogen and oxygen atoms in total. The molecule has 1 atom stereocenters. The van der Waals surface area contributed by atoms with Gasteiger partial charge in [0.25, 0.3) is 5.91 Å². The molecule has 1 saturated heterocycles. The molecule has 1 fully saturated rings. The number of rotatable bonds is 4. The van der Waals surface area contributed by atoms with Crippen molar-refractivity contribution in [3.63, 3.8) is 0 Å². The zero-order valence-electron chi connectivity index (χ0n) is 15.3. The average molecular weight is 392 g/mol. The van der Waals surface area contributed by atoms with Gasteiger partial charge in [-0.1, -0.05) is 36.4 Å². The molecule has 28 heavy (non-hydrogen) atoms. The number of fused-ring (bicyclic) bond motifs is 2. The standard InChI is InChI=1S/C22H20N2O3S/c25-21-17(18-6-7-19(22(26)27)24(18)21)11-16-10-15-13-23(9-8-20(15)28-16)12-14-4-2-1-3-5-14/h1-5,7,10-11,18H,6,8-9,12-13H2,(H,26,27)/b17-11+. The van der Waals surface area contributed by atoms with Gasteiger partial charge in [0.1, 0.15) is 5.70 Å². The van der Waals surface area contributed by atoms with Gasteiger partial charge < -0.3 is 5.11 Å². The van der Waals surface area contributed by atoms with Crippen LogP contribution in [0.15, 0.2) is 53.7 Å². The molecular weight excluding hydrogens is 372 g/mol. The number of aliphatic carboxylic acids is 1. The summed E-state index contributed by atoms with van der Waals surface area (Å²) in [6, 6.07) is 12.6. The molecule has 1 N–H and O–H groups in total. The third-order valence-electron chi connectivity index (χ3n) is 5.66. The smallest absolute Gasteiger partial charge is 0.352 e. The second kappa shape index (κ2) is 6.72. The number of hydrogen-bond acceptors (Lipinski definition) is 4. The number of amides is 1. The van der Waals surface area contributed by atoms with E-state index in [1.807, 2.05) is 12.1 Å². The van der Waals surface area contributed by atoms with Gasteiger partial charge in [0, 0.05) is 35.0 Å². The maximum Gasteiger partial charge on any atom is 0.352 e. The molecule has 1 aromatic heterocycles. The number of carboxylic acid groups (broad SMARTS) is 1. The highest BCUT2D eigenvalue weighted by atomic mass is 32.1. The lowest BCUT2D eigenvalue weighted by Crippen LogP contribution is -2.52.